The van der Waals surface area contributed by atoms with E-state index >= 15 is 0 Å². The standard InChI is InChI=1S/C12H18N2O2/c1-15-11-5-2-4-10(8-11)14-7-3-6-12(9-14)16-13/h2,4-5,8,12H,3,6-7,9,13H2,1H3. The van der Waals surface area contributed by atoms with Gasteiger partial charge in [0.05, 0.1) is 13.2 Å². The van der Waals surface area contributed by atoms with Crippen LogP contribution in [0, 0.1) is 0 Å². The summed E-state index contributed by atoms with van der Waals surface area (Å²) in [7, 11) is 1.68. The van der Waals surface area contributed by atoms with Crippen molar-refractivity contribution in [3.8, 4) is 5.75 Å². The van der Waals surface area contributed by atoms with Crippen LogP contribution < -0.4 is 15.5 Å². The van der Waals surface area contributed by atoms with Crippen molar-refractivity contribution in [2.24, 2.45) is 5.90 Å². The zero-order valence-corrected chi connectivity index (χ0v) is 9.56. The Hall–Kier alpha value is -1.26. The zero-order valence-electron chi connectivity index (χ0n) is 9.56. The minimum Gasteiger partial charge on any atom is -0.497 e. The summed E-state index contributed by atoms with van der Waals surface area (Å²) in [6, 6.07) is 8.08. The van der Waals surface area contributed by atoms with Gasteiger partial charge in [-0.3, -0.25) is 4.84 Å². The summed E-state index contributed by atoms with van der Waals surface area (Å²) >= 11 is 0. The highest BCUT2D eigenvalue weighted by atomic mass is 16.6. The monoisotopic (exact) mass is 222 g/mol. The van der Waals surface area contributed by atoms with Gasteiger partial charge in [-0.2, -0.15) is 0 Å². The minimum atomic E-state index is 0.139. The van der Waals surface area contributed by atoms with Gasteiger partial charge < -0.3 is 9.64 Å². The Morgan fingerprint density at radius 1 is 1.44 bits per heavy atom. The predicted molar refractivity (Wildman–Crippen MR) is 63.5 cm³/mol. The number of hydrogen-bond donors (Lipinski definition) is 1. The van der Waals surface area contributed by atoms with Crippen molar-refractivity contribution in [2.45, 2.75) is 18.9 Å². The normalized spacial score (nSPS) is 20.9. The molecule has 0 spiro atoms. The fourth-order valence-electron chi connectivity index (χ4n) is 2.09. The molecule has 4 nitrogen and oxygen atoms in total. The van der Waals surface area contributed by atoms with Crippen molar-refractivity contribution in [2.75, 3.05) is 25.1 Å². The third-order valence-electron chi connectivity index (χ3n) is 2.99. The lowest BCUT2D eigenvalue weighted by Crippen LogP contribution is -2.40. The van der Waals surface area contributed by atoms with Crippen LogP contribution in [0.25, 0.3) is 0 Å². The maximum atomic E-state index is 5.25. The summed E-state index contributed by atoms with van der Waals surface area (Å²) in [6.45, 7) is 1.90. The van der Waals surface area contributed by atoms with Crippen molar-refractivity contribution in [3.05, 3.63) is 24.3 Å². The number of benzene rings is 1. The average Bonchev–Trinajstić information content (AvgIpc) is 2.39. The predicted octanol–water partition coefficient (Wildman–Crippen LogP) is 1.55. The molecule has 0 bridgehead atoms. The smallest absolute Gasteiger partial charge is 0.120 e. The molecule has 1 aliphatic heterocycles. The van der Waals surface area contributed by atoms with Gasteiger partial charge in [-0.05, 0) is 25.0 Å². The van der Waals surface area contributed by atoms with Crippen LogP contribution in [0.15, 0.2) is 24.3 Å². The quantitative estimate of drug-likeness (QED) is 0.788. The number of nitrogens with zero attached hydrogens (tertiary/aromatic N) is 1. The first-order valence-electron chi connectivity index (χ1n) is 5.58. The second-order valence-corrected chi connectivity index (χ2v) is 4.05. The molecular formula is C12H18N2O2. The fourth-order valence-corrected chi connectivity index (χ4v) is 2.09. The molecule has 1 aromatic carbocycles. The first-order chi connectivity index (χ1) is 7.83. The zero-order chi connectivity index (χ0) is 11.4. The van der Waals surface area contributed by atoms with Crippen molar-refractivity contribution >= 4 is 5.69 Å². The van der Waals surface area contributed by atoms with Gasteiger partial charge in [-0.1, -0.05) is 6.07 Å². The number of piperidine rings is 1. The SMILES string of the molecule is COc1cccc(N2CCCC(ON)C2)c1. The molecule has 1 atom stereocenters. The molecule has 2 N–H and O–H groups in total. The van der Waals surface area contributed by atoms with Gasteiger partial charge in [0.2, 0.25) is 0 Å². The summed E-state index contributed by atoms with van der Waals surface area (Å²) in [5, 5.41) is 0. The highest BCUT2D eigenvalue weighted by Crippen LogP contribution is 2.24. The largest absolute Gasteiger partial charge is 0.497 e. The Bertz CT molecular complexity index is 344. The number of methoxy groups -OCH3 is 1. The van der Waals surface area contributed by atoms with Crippen LogP contribution >= 0.6 is 0 Å². The first kappa shape index (κ1) is 11.2. The number of hydrogen-bond acceptors (Lipinski definition) is 4. The van der Waals surface area contributed by atoms with Gasteiger partial charge in [0.1, 0.15) is 5.75 Å². The molecule has 0 aliphatic carbocycles. The maximum absolute atomic E-state index is 5.25. The van der Waals surface area contributed by atoms with Crippen molar-refractivity contribution in [1.82, 2.24) is 0 Å². The molecule has 2 rings (SSSR count). The number of ether oxygens (including phenoxy) is 1. The molecule has 0 aromatic heterocycles. The van der Waals surface area contributed by atoms with Crippen LogP contribution in [0.4, 0.5) is 5.69 Å². The number of nitrogens with two attached hydrogens (primary N) is 1. The topological polar surface area (TPSA) is 47.7 Å². The molecule has 1 unspecified atom stereocenters. The van der Waals surface area contributed by atoms with Gasteiger partial charge in [0.25, 0.3) is 0 Å². The lowest BCUT2D eigenvalue weighted by Gasteiger charge is -2.33. The Labute approximate surface area is 95.9 Å². The molecule has 1 aromatic rings. The van der Waals surface area contributed by atoms with Crippen LogP contribution in [-0.4, -0.2) is 26.3 Å². The van der Waals surface area contributed by atoms with Crippen molar-refractivity contribution in [3.63, 3.8) is 0 Å². The van der Waals surface area contributed by atoms with E-state index in [4.69, 9.17) is 15.5 Å². The first-order valence-corrected chi connectivity index (χ1v) is 5.58. The highest BCUT2D eigenvalue weighted by molar-refractivity contribution is 5.51. The summed E-state index contributed by atoms with van der Waals surface area (Å²) in [5.74, 6) is 6.13. The van der Waals surface area contributed by atoms with E-state index in [1.807, 2.05) is 18.2 Å². The highest BCUT2D eigenvalue weighted by Gasteiger charge is 2.20. The van der Waals surface area contributed by atoms with Gasteiger partial charge in [0.15, 0.2) is 0 Å². The molecular weight excluding hydrogens is 204 g/mol. The molecule has 0 radical (unpaired) electrons. The second-order valence-electron chi connectivity index (χ2n) is 4.05. The van der Waals surface area contributed by atoms with Crippen LogP contribution in [-0.2, 0) is 4.84 Å². The van der Waals surface area contributed by atoms with E-state index in [1.54, 1.807) is 7.11 Å². The second kappa shape index (κ2) is 5.18. The van der Waals surface area contributed by atoms with Gasteiger partial charge >= 0.3 is 0 Å². The van der Waals surface area contributed by atoms with Crippen molar-refractivity contribution < 1.29 is 9.57 Å². The Morgan fingerprint density at radius 2 is 2.31 bits per heavy atom. The van der Waals surface area contributed by atoms with Gasteiger partial charge in [0, 0.05) is 24.8 Å². The molecule has 0 amide bonds. The summed E-state index contributed by atoms with van der Waals surface area (Å²) in [6.07, 6.45) is 2.29. The van der Waals surface area contributed by atoms with E-state index in [0.29, 0.717) is 0 Å². The van der Waals surface area contributed by atoms with Crippen molar-refractivity contribution in [1.29, 1.82) is 0 Å². The Kier molecular flexibility index (Phi) is 3.64. The van der Waals surface area contributed by atoms with Crippen LogP contribution in [0.3, 0.4) is 0 Å². The summed E-state index contributed by atoms with van der Waals surface area (Å²) < 4.78 is 5.22. The lowest BCUT2D eigenvalue weighted by atomic mass is 10.1. The molecule has 1 aliphatic rings. The van der Waals surface area contributed by atoms with Crippen LogP contribution in [0.5, 0.6) is 5.75 Å². The summed E-state index contributed by atoms with van der Waals surface area (Å²) in [4.78, 5) is 7.21. The van der Waals surface area contributed by atoms with Crippen LogP contribution in [0.2, 0.25) is 0 Å². The third-order valence-corrected chi connectivity index (χ3v) is 2.99. The Morgan fingerprint density at radius 3 is 3.06 bits per heavy atom. The van der Waals surface area contributed by atoms with Crippen LogP contribution in [0.1, 0.15) is 12.8 Å². The number of rotatable bonds is 3. The van der Waals surface area contributed by atoms with Gasteiger partial charge in [-0.25, -0.2) is 5.90 Å². The molecule has 88 valence electrons. The van der Waals surface area contributed by atoms with E-state index in [2.05, 4.69) is 11.0 Å². The molecule has 1 fully saturated rings. The van der Waals surface area contributed by atoms with E-state index in [9.17, 15) is 0 Å². The number of anilines is 1. The molecule has 4 heteroatoms. The lowest BCUT2D eigenvalue weighted by molar-refractivity contribution is 0.0435. The minimum absolute atomic E-state index is 0.139. The van der Waals surface area contributed by atoms with E-state index in [0.717, 1.165) is 31.7 Å². The molecule has 1 heterocycles. The van der Waals surface area contributed by atoms with E-state index < -0.39 is 0 Å². The Balaban J connectivity index is 2.10. The van der Waals surface area contributed by atoms with E-state index in [-0.39, 0.29) is 6.10 Å². The maximum Gasteiger partial charge on any atom is 0.120 e. The fraction of sp³-hybridized carbons (Fsp3) is 0.500. The molecule has 16 heavy (non-hydrogen) atoms. The molecule has 0 saturated carbocycles. The average molecular weight is 222 g/mol. The third kappa shape index (κ3) is 2.46. The molecule has 1 saturated heterocycles. The summed E-state index contributed by atoms with van der Waals surface area (Å²) in [5.41, 5.74) is 1.17. The van der Waals surface area contributed by atoms with Gasteiger partial charge in [-0.15, -0.1) is 0 Å². The van der Waals surface area contributed by atoms with E-state index in [1.165, 1.54) is 5.69 Å².